The summed E-state index contributed by atoms with van der Waals surface area (Å²) >= 11 is 0. The van der Waals surface area contributed by atoms with Gasteiger partial charge in [-0.15, -0.1) is 0 Å². The Bertz CT molecular complexity index is 981. The Balaban J connectivity index is 1.08. The summed E-state index contributed by atoms with van der Waals surface area (Å²) < 4.78 is 0. The summed E-state index contributed by atoms with van der Waals surface area (Å²) in [6.45, 7) is 3.45. The number of carbonyl (C=O) groups is 1. The number of likely N-dealkylation sites (tertiary alicyclic amines) is 1. The maximum Gasteiger partial charge on any atom is 0.335 e. The zero-order valence-corrected chi connectivity index (χ0v) is 18.9. The van der Waals surface area contributed by atoms with Gasteiger partial charge in [0.25, 0.3) is 0 Å². The molecule has 32 heavy (non-hydrogen) atoms. The fraction of sp³-hybridized carbons (Fsp3) is 0.536. The van der Waals surface area contributed by atoms with Gasteiger partial charge in [-0.05, 0) is 105 Å². The van der Waals surface area contributed by atoms with Crippen LogP contribution in [0.4, 0.5) is 5.69 Å². The Morgan fingerprint density at radius 2 is 1.56 bits per heavy atom. The molecule has 2 saturated heterocycles. The molecule has 168 valence electrons. The molecule has 4 fully saturated rings. The summed E-state index contributed by atoms with van der Waals surface area (Å²) in [5.41, 5.74) is 5.34. The lowest BCUT2D eigenvalue weighted by atomic mass is 9.59. The van der Waals surface area contributed by atoms with E-state index in [0.717, 1.165) is 30.7 Å². The monoisotopic (exact) mass is 430 g/mol. The second-order valence-corrected chi connectivity index (χ2v) is 10.7. The first-order chi connectivity index (χ1) is 15.6. The molecule has 1 spiro atoms. The molecule has 0 amide bonds. The van der Waals surface area contributed by atoms with E-state index in [1.165, 1.54) is 57.9 Å². The van der Waals surface area contributed by atoms with Crippen molar-refractivity contribution in [1.82, 2.24) is 4.90 Å². The molecule has 4 heteroatoms. The van der Waals surface area contributed by atoms with Crippen LogP contribution in [-0.4, -0.2) is 41.7 Å². The first kappa shape index (κ1) is 20.3. The van der Waals surface area contributed by atoms with Crippen molar-refractivity contribution in [2.45, 2.75) is 69.4 Å². The number of carboxylic acids is 1. The molecule has 0 radical (unpaired) electrons. The van der Waals surface area contributed by atoms with Crippen LogP contribution in [0.2, 0.25) is 0 Å². The van der Waals surface area contributed by atoms with E-state index in [2.05, 4.69) is 34.1 Å². The van der Waals surface area contributed by atoms with E-state index in [1.807, 2.05) is 12.1 Å². The number of aromatic carboxylic acids is 1. The average Bonchev–Trinajstić information content (AvgIpc) is 3.54. The maximum atomic E-state index is 11.1. The van der Waals surface area contributed by atoms with Crippen molar-refractivity contribution < 1.29 is 9.90 Å². The normalized spacial score (nSPS) is 25.8. The molecule has 2 aromatic carbocycles. The molecular formula is C28H34N2O2. The third-order valence-corrected chi connectivity index (χ3v) is 8.78. The number of benzene rings is 2. The van der Waals surface area contributed by atoms with E-state index in [9.17, 15) is 4.79 Å². The summed E-state index contributed by atoms with van der Waals surface area (Å²) in [4.78, 5) is 16.4. The lowest BCUT2D eigenvalue weighted by Crippen LogP contribution is -2.54. The highest BCUT2D eigenvalue weighted by atomic mass is 16.4. The standard InChI is InChI=1S/C28H34N2O2/c31-27(32)21-9-11-22(12-10-21)29-16-13-28(14-17-29)18-23(19-28)30-15-3-6-26(30)25-5-2-1-4-24(25)20-7-8-20/h1-2,4-5,9-12,20,23,26H,3,6-8,13-19H2,(H,31,32)/t26-/m0/s1. The number of anilines is 1. The van der Waals surface area contributed by atoms with E-state index in [1.54, 1.807) is 23.3 Å². The average molecular weight is 431 g/mol. The lowest BCUT2D eigenvalue weighted by molar-refractivity contribution is -0.0227. The van der Waals surface area contributed by atoms with Crippen molar-refractivity contribution in [3.63, 3.8) is 0 Å². The minimum absolute atomic E-state index is 0.368. The van der Waals surface area contributed by atoms with Gasteiger partial charge in [0.05, 0.1) is 5.56 Å². The first-order valence-electron chi connectivity index (χ1n) is 12.5. The molecule has 2 aromatic rings. The predicted octanol–water partition coefficient (Wildman–Crippen LogP) is 5.85. The Morgan fingerprint density at radius 1 is 0.875 bits per heavy atom. The highest BCUT2D eigenvalue weighted by Crippen LogP contribution is 2.54. The quantitative estimate of drug-likeness (QED) is 0.646. The van der Waals surface area contributed by atoms with E-state index >= 15 is 0 Å². The second kappa shape index (κ2) is 7.91. The molecule has 6 rings (SSSR count). The molecule has 0 bridgehead atoms. The van der Waals surface area contributed by atoms with Crippen molar-refractivity contribution in [3.05, 3.63) is 65.2 Å². The summed E-state index contributed by atoms with van der Waals surface area (Å²) in [6, 6.07) is 18.1. The molecule has 2 aliphatic carbocycles. The summed E-state index contributed by atoms with van der Waals surface area (Å²) in [5, 5.41) is 9.13. The van der Waals surface area contributed by atoms with Crippen LogP contribution in [0.25, 0.3) is 0 Å². The number of rotatable bonds is 5. The van der Waals surface area contributed by atoms with Crippen molar-refractivity contribution >= 4 is 11.7 Å². The van der Waals surface area contributed by atoms with Gasteiger partial charge in [-0.3, -0.25) is 4.90 Å². The van der Waals surface area contributed by atoms with Gasteiger partial charge in [0.15, 0.2) is 0 Å². The molecule has 2 heterocycles. The molecular weight excluding hydrogens is 396 g/mol. The van der Waals surface area contributed by atoms with Crippen LogP contribution in [0.3, 0.4) is 0 Å². The van der Waals surface area contributed by atoms with Crippen molar-refractivity contribution in [1.29, 1.82) is 0 Å². The molecule has 4 aliphatic rings. The van der Waals surface area contributed by atoms with Gasteiger partial charge in [-0.1, -0.05) is 24.3 Å². The Hall–Kier alpha value is -2.33. The molecule has 0 unspecified atom stereocenters. The predicted molar refractivity (Wildman–Crippen MR) is 127 cm³/mol. The van der Waals surface area contributed by atoms with Crippen molar-refractivity contribution in [3.8, 4) is 0 Å². The Morgan fingerprint density at radius 3 is 2.22 bits per heavy atom. The summed E-state index contributed by atoms with van der Waals surface area (Å²) in [5.74, 6) is -0.0232. The fourth-order valence-electron chi connectivity index (χ4n) is 6.78. The van der Waals surface area contributed by atoms with Crippen molar-refractivity contribution in [2.24, 2.45) is 5.41 Å². The van der Waals surface area contributed by atoms with Crippen LogP contribution in [0.1, 0.15) is 84.8 Å². The molecule has 1 N–H and O–H groups in total. The van der Waals surface area contributed by atoms with E-state index in [0.29, 0.717) is 17.0 Å². The van der Waals surface area contributed by atoms with E-state index in [-0.39, 0.29) is 0 Å². The van der Waals surface area contributed by atoms with E-state index < -0.39 is 5.97 Å². The first-order valence-corrected chi connectivity index (χ1v) is 12.5. The molecule has 4 nitrogen and oxygen atoms in total. The van der Waals surface area contributed by atoms with E-state index in [4.69, 9.17) is 5.11 Å². The number of hydrogen-bond acceptors (Lipinski definition) is 3. The van der Waals surface area contributed by atoms with Crippen molar-refractivity contribution in [2.75, 3.05) is 24.5 Å². The zero-order chi connectivity index (χ0) is 21.7. The second-order valence-electron chi connectivity index (χ2n) is 10.7. The van der Waals surface area contributed by atoms with Gasteiger partial charge in [0, 0.05) is 30.9 Å². The largest absolute Gasteiger partial charge is 0.478 e. The maximum absolute atomic E-state index is 11.1. The Kier molecular flexibility index (Phi) is 5.02. The minimum atomic E-state index is -0.852. The van der Waals surface area contributed by atoms with Crippen LogP contribution in [0.15, 0.2) is 48.5 Å². The fourth-order valence-corrected chi connectivity index (χ4v) is 6.78. The van der Waals surface area contributed by atoms with Gasteiger partial charge in [-0.25, -0.2) is 4.79 Å². The minimum Gasteiger partial charge on any atom is -0.478 e. The highest BCUT2D eigenvalue weighted by Gasteiger charge is 2.50. The van der Waals surface area contributed by atoms with Crippen LogP contribution in [-0.2, 0) is 0 Å². The van der Waals surface area contributed by atoms with Gasteiger partial charge >= 0.3 is 5.97 Å². The zero-order valence-electron chi connectivity index (χ0n) is 18.9. The van der Waals surface area contributed by atoms with Crippen LogP contribution in [0, 0.1) is 5.41 Å². The Labute approximate surface area is 191 Å². The van der Waals surface area contributed by atoms with Gasteiger partial charge in [-0.2, -0.15) is 0 Å². The highest BCUT2D eigenvalue weighted by molar-refractivity contribution is 5.88. The molecule has 2 aliphatic heterocycles. The number of nitrogens with zero attached hydrogens (tertiary/aromatic N) is 2. The van der Waals surface area contributed by atoms with Crippen LogP contribution >= 0.6 is 0 Å². The van der Waals surface area contributed by atoms with Crippen LogP contribution < -0.4 is 4.90 Å². The third-order valence-electron chi connectivity index (χ3n) is 8.78. The smallest absolute Gasteiger partial charge is 0.335 e. The number of piperidine rings is 1. The molecule has 2 saturated carbocycles. The molecule has 0 aromatic heterocycles. The number of hydrogen-bond donors (Lipinski definition) is 1. The number of carboxylic acid groups (broad SMARTS) is 1. The van der Waals surface area contributed by atoms with Gasteiger partial charge in [0.2, 0.25) is 0 Å². The topological polar surface area (TPSA) is 43.8 Å². The van der Waals surface area contributed by atoms with Gasteiger partial charge in [0.1, 0.15) is 0 Å². The van der Waals surface area contributed by atoms with Gasteiger partial charge < -0.3 is 10.0 Å². The lowest BCUT2D eigenvalue weighted by Gasteiger charge is -2.56. The summed E-state index contributed by atoms with van der Waals surface area (Å²) in [6.07, 6.45) is 10.7. The SMILES string of the molecule is O=C(O)c1ccc(N2CCC3(CC2)CC(N2CCC[C@H]2c2ccccc2C2CC2)C3)cc1. The third kappa shape index (κ3) is 3.63. The summed E-state index contributed by atoms with van der Waals surface area (Å²) in [7, 11) is 0. The van der Waals surface area contributed by atoms with Crippen LogP contribution in [0.5, 0.6) is 0 Å². The molecule has 1 atom stereocenters.